The maximum absolute atomic E-state index is 13.5. The normalized spacial score (nSPS) is 11.1. The monoisotopic (exact) mass is 559 g/mol. The summed E-state index contributed by atoms with van der Waals surface area (Å²) in [5.41, 5.74) is 1.77. The molecule has 0 heterocycles. The van der Waals surface area contributed by atoms with E-state index in [0.29, 0.717) is 18.8 Å². The molecule has 0 unspecified atom stereocenters. The van der Waals surface area contributed by atoms with E-state index in [1.165, 1.54) is 19.2 Å². The Morgan fingerprint density at radius 2 is 1.63 bits per heavy atom. The first kappa shape index (κ1) is 26.4. The van der Waals surface area contributed by atoms with Crippen molar-refractivity contribution in [3.8, 4) is 0 Å². The summed E-state index contributed by atoms with van der Waals surface area (Å²) in [4.78, 5) is 25.7. The van der Waals surface area contributed by atoms with Gasteiger partial charge in [-0.3, -0.25) is 13.9 Å². The summed E-state index contributed by atoms with van der Waals surface area (Å²) in [6, 6.07) is 19.6. The van der Waals surface area contributed by atoms with Gasteiger partial charge in [0, 0.05) is 18.1 Å². The van der Waals surface area contributed by atoms with Gasteiger partial charge >= 0.3 is 0 Å². The third-order valence-corrected chi connectivity index (χ3v) is 7.37. The van der Waals surface area contributed by atoms with Crippen LogP contribution in [-0.4, -0.2) is 47.0 Å². The molecular weight excluding hydrogens is 534 g/mol. The summed E-state index contributed by atoms with van der Waals surface area (Å²) in [7, 11) is -2.52. The van der Waals surface area contributed by atoms with E-state index in [1.807, 2.05) is 6.92 Å². The van der Waals surface area contributed by atoms with E-state index in [-0.39, 0.29) is 22.1 Å². The molecule has 0 aliphatic rings. The number of anilines is 2. The van der Waals surface area contributed by atoms with E-state index >= 15 is 0 Å². The minimum absolute atomic E-state index is 0.0664. The third kappa shape index (κ3) is 6.91. The molecule has 10 heteroatoms. The number of hydrogen-bond donors (Lipinski definition) is 2. The number of halogens is 1. The number of sulfonamides is 1. The van der Waals surface area contributed by atoms with Crippen LogP contribution >= 0.6 is 15.9 Å². The second-order valence-electron chi connectivity index (χ2n) is 7.64. The highest BCUT2D eigenvalue weighted by Gasteiger charge is 2.27. The van der Waals surface area contributed by atoms with Gasteiger partial charge in [0.1, 0.15) is 6.54 Å². The smallest absolute Gasteiger partial charge is 0.264 e. The number of methoxy groups -OCH3 is 1. The number of carbonyl (C=O) groups is 2. The summed E-state index contributed by atoms with van der Waals surface area (Å²) in [6.07, 6.45) is 0. The Morgan fingerprint density at radius 1 is 0.971 bits per heavy atom. The zero-order chi connectivity index (χ0) is 25.4. The van der Waals surface area contributed by atoms with Crippen LogP contribution in [0.15, 0.2) is 82.2 Å². The maximum atomic E-state index is 13.5. The molecule has 8 nitrogen and oxygen atoms in total. The lowest BCUT2D eigenvalue weighted by Gasteiger charge is -2.24. The van der Waals surface area contributed by atoms with Crippen LogP contribution in [-0.2, 0) is 19.6 Å². The fraction of sp³-hybridized carbons (Fsp3) is 0.200. The Morgan fingerprint density at radius 3 is 2.29 bits per heavy atom. The molecule has 0 spiro atoms. The standard InChI is InChI=1S/C25H26BrN3O5S/c1-18-7-13-21(14-8-18)35(32,33)29(20-11-9-19(26)10-12-20)17-24(30)28-23-6-4-3-5-22(23)25(31)27-15-16-34-2/h3-14H,15-17H2,1-2H3,(H,27,31)(H,28,30). The van der Waals surface area contributed by atoms with E-state index in [0.717, 1.165) is 14.3 Å². The molecule has 0 radical (unpaired) electrons. The van der Waals surface area contributed by atoms with Gasteiger partial charge in [0.25, 0.3) is 15.9 Å². The summed E-state index contributed by atoms with van der Waals surface area (Å²) in [5, 5.41) is 5.39. The van der Waals surface area contributed by atoms with Gasteiger partial charge in [-0.1, -0.05) is 45.8 Å². The molecule has 3 aromatic rings. The molecule has 2 N–H and O–H groups in total. The minimum atomic E-state index is -4.05. The molecule has 35 heavy (non-hydrogen) atoms. The van der Waals surface area contributed by atoms with Gasteiger partial charge in [0.2, 0.25) is 5.91 Å². The average molecular weight is 560 g/mol. The number of nitrogens with one attached hydrogen (secondary N) is 2. The molecule has 0 atom stereocenters. The molecule has 0 bridgehead atoms. The number of aryl methyl sites for hydroxylation is 1. The van der Waals surface area contributed by atoms with Gasteiger partial charge in [-0.05, 0) is 55.5 Å². The maximum Gasteiger partial charge on any atom is 0.264 e. The Hall–Kier alpha value is -3.21. The predicted molar refractivity (Wildman–Crippen MR) is 139 cm³/mol. The van der Waals surface area contributed by atoms with Crippen molar-refractivity contribution in [2.45, 2.75) is 11.8 Å². The number of ether oxygens (including phenoxy) is 1. The van der Waals surface area contributed by atoms with Crippen molar-refractivity contribution in [2.75, 3.05) is 36.4 Å². The van der Waals surface area contributed by atoms with Gasteiger partial charge in [-0.25, -0.2) is 8.42 Å². The second-order valence-corrected chi connectivity index (χ2v) is 10.4. The molecule has 3 aromatic carbocycles. The first-order valence-electron chi connectivity index (χ1n) is 10.7. The number of benzene rings is 3. The lowest BCUT2D eigenvalue weighted by Crippen LogP contribution is -2.38. The van der Waals surface area contributed by atoms with Crippen molar-refractivity contribution >= 4 is 49.1 Å². The number of para-hydroxylation sites is 1. The van der Waals surface area contributed by atoms with Gasteiger partial charge in [-0.15, -0.1) is 0 Å². The molecule has 0 fully saturated rings. The molecule has 2 amide bonds. The highest BCUT2D eigenvalue weighted by atomic mass is 79.9. The Labute approximate surface area is 213 Å². The van der Waals surface area contributed by atoms with Crippen LogP contribution in [0.5, 0.6) is 0 Å². The number of amides is 2. The highest BCUT2D eigenvalue weighted by Crippen LogP contribution is 2.26. The molecule has 3 rings (SSSR count). The van der Waals surface area contributed by atoms with Gasteiger partial charge in [0.15, 0.2) is 0 Å². The lowest BCUT2D eigenvalue weighted by molar-refractivity contribution is -0.114. The zero-order valence-corrected chi connectivity index (χ0v) is 21.7. The largest absolute Gasteiger partial charge is 0.383 e. The van der Waals surface area contributed by atoms with Crippen molar-refractivity contribution in [1.29, 1.82) is 0 Å². The van der Waals surface area contributed by atoms with Crippen LogP contribution in [0.1, 0.15) is 15.9 Å². The van der Waals surface area contributed by atoms with Crippen LogP contribution in [0.3, 0.4) is 0 Å². The Kier molecular flexibility index (Phi) is 9.02. The van der Waals surface area contributed by atoms with Crippen LogP contribution in [0.25, 0.3) is 0 Å². The molecule has 0 saturated heterocycles. The number of carbonyl (C=O) groups excluding carboxylic acids is 2. The van der Waals surface area contributed by atoms with Crippen molar-refractivity contribution in [1.82, 2.24) is 5.32 Å². The average Bonchev–Trinajstić information content (AvgIpc) is 2.84. The zero-order valence-electron chi connectivity index (χ0n) is 19.3. The van der Waals surface area contributed by atoms with Crippen LogP contribution in [0, 0.1) is 6.92 Å². The van der Waals surface area contributed by atoms with Crippen molar-refractivity contribution < 1.29 is 22.7 Å². The SMILES string of the molecule is COCCNC(=O)c1ccccc1NC(=O)CN(c1ccc(Br)cc1)S(=O)(=O)c1ccc(C)cc1. The fourth-order valence-electron chi connectivity index (χ4n) is 3.23. The highest BCUT2D eigenvalue weighted by molar-refractivity contribution is 9.10. The summed E-state index contributed by atoms with van der Waals surface area (Å²) < 4.78 is 33.7. The van der Waals surface area contributed by atoms with E-state index in [4.69, 9.17) is 4.74 Å². The summed E-state index contributed by atoms with van der Waals surface area (Å²) in [5.74, 6) is -0.976. The van der Waals surface area contributed by atoms with Crippen LogP contribution in [0.2, 0.25) is 0 Å². The molecule has 0 aromatic heterocycles. The number of hydrogen-bond acceptors (Lipinski definition) is 5. The Bertz CT molecular complexity index is 1280. The lowest BCUT2D eigenvalue weighted by atomic mass is 10.1. The first-order chi connectivity index (χ1) is 16.7. The fourth-order valence-corrected chi connectivity index (χ4v) is 4.92. The van der Waals surface area contributed by atoms with E-state index in [9.17, 15) is 18.0 Å². The summed E-state index contributed by atoms with van der Waals surface area (Å²) in [6.45, 7) is 2.03. The molecule has 0 saturated carbocycles. The molecule has 0 aliphatic carbocycles. The van der Waals surface area contributed by atoms with E-state index in [1.54, 1.807) is 60.7 Å². The van der Waals surface area contributed by atoms with Crippen LogP contribution < -0.4 is 14.9 Å². The number of rotatable bonds is 10. The Balaban J connectivity index is 1.88. The summed E-state index contributed by atoms with van der Waals surface area (Å²) >= 11 is 3.34. The van der Waals surface area contributed by atoms with Crippen molar-refractivity contribution in [2.24, 2.45) is 0 Å². The first-order valence-corrected chi connectivity index (χ1v) is 13.0. The molecule has 0 aliphatic heterocycles. The second kappa shape index (κ2) is 12.0. The molecular formula is C25H26BrN3O5S. The molecule has 184 valence electrons. The third-order valence-electron chi connectivity index (χ3n) is 5.05. The van der Waals surface area contributed by atoms with Gasteiger partial charge in [-0.2, -0.15) is 0 Å². The van der Waals surface area contributed by atoms with Crippen LogP contribution in [0.4, 0.5) is 11.4 Å². The van der Waals surface area contributed by atoms with Gasteiger partial charge in [0.05, 0.1) is 28.4 Å². The van der Waals surface area contributed by atoms with E-state index < -0.39 is 22.5 Å². The van der Waals surface area contributed by atoms with Gasteiger partial charge < -0.3 is 15.4 Å². The van der Waals surface area contributed by atoms with E-state index in [2.05, 4.69) is 26.6 Å². The van der Waals surface area contributed by atoms with Crippen molar-refractivity contribution in [3.63, 3.8) is 0 Å². The minimum Gasteiger partial charge on any atom is -0.383 e. The predicted octanol–water partition coefficient (Wildman–Crippen LogP) is 3.97. The number of nitrogens with zero attached hydrogens (tertiary/aromatic N) is 1. The van der Waals surface area contributed by atoms with Crippen molar-refractivity contribution in [3.05, 3.63) is 88.4 Å². The topological polar surface area (TPSA) is 105 Å². The quantitative estimate of drug-likeness (QED) is 0.366.